The Morgan fingerprint density at radius 1 is 1.18 bits per heavy atom. The first-order chi connectivity index (χ1) is 13.5. The first-order valence-corrected chi connectivity index (χ1v) is 9.65. The molecular formula is C21H23N5O2. The first-order valence-electron chi connectivity index (χ1n) is 9.65. The van der Waals surface area contributed by atoms with E-state index in [0.717, 1.165) is 31.6 Å². The summed E-state index contributed by atoms with van der Waals surface area (Å²) in [5.74, 6) is -0.347. The highest BCUT2D eigenvalue weighted by atomic mass is 16.2. The fourth-order valence-electron chi connectivity index (χ4n) is 3.76. The molecule has 2 fully saturated rings. The molecule has 7 heteroatoms. The molecule has 2 heterocycles. The van der Waals surface area contributed by atoms with E-state index in [1.807, 2.05) is 4.90 Å². The van der Waals surface area contributed by atoms with Gasteiger partial charge in [-0.15, -0.1) is 0 Å². The minimum atomic E-state index is -0.570. The zero-order valence-electron chi connectivity index (χ0n) is 15.9. The monoisotopic (exact) mass is 377 g/mol. The number of carbonyl (C=O) groups is 2. The number of benzene rings is 1. The van der Waals surface area contributed by atoms with E-state index in [2.05, 4.69) is 16.5 Å². The molecule has 1 saturated carbocycles. The number of hydrogen-bond donors (Lipinski definition) is 1. The van der Waals surface area contributed by atoms with Crippen LogP contribution in [0.4, 0.5) is 0 Å². The van der Waals surface area contributed by atoms with Gasteiger partial charge in [0, 0.05) is 19.3 Å². The molecule has 2 aliphatic rings. The molecule has 1 aromatic heterocycles. The van der Waals surface area contributed by atoms with Crippen molar-refractivity contribution in [2.24, 2.45) is 5.41 Å². The smallest absolute Gasteiger partial charge is 0.255 e. The van der Waals surface area contributed by atoms with Crippen LogP contribution in [0.3, 0.4) is 0 Å². The van der Waals surface area contributed by atoms with Crippen LogP contribution in [0.15, 0.2) is 36.7 Å². The molecule has 1 atom stereocenters. The maximum atomic E-state index is 12.6. The van der Waals surface area contributed by atoms with E-state index in [0.29, 0.717) is 16.5 Å². The summed E-state index contributed by atoms with van der Waals surface area (Å²) in [5.41, 5.74) is 2.22. The van der Waals surface area contributed by atoms with Crippen LogP contribution in [0, 0.1) is 16.7 Å². The van der Waals surface area contributed by atoms with Crippen molar-refractivity contribution in [2.45, 2.75) is 38.6 Å². The van der Waals surface area contributed by atoms with Crippen molar-refractivity contribution < 1.29 is 9.59 Å². The molecule has 1 spiro atoms. The number of carbonyl (C=O) groups excluding carboxylic acids is 2. The third kappa shape index (κ3) is 3.63. The maximum Gasteiger partial charge on any atom is 0.255 e. The molecule has 144 valence electrons. The summed E-state index contributed by atoms with van der Waals surface area (Å²) in [6.07, 6.45) is 7.84. The molecule has 1 saturated heterocycles. The Labute approximate surface area is 163 Å². The number of nitrogens with zero attached hydrogens (tertiary/aromatic N) is 4. The fourth-order valence-corrected chi connectivity index (χ4v) is 3.76. The topological polar surface area (TPSA) is 91.0 Å². The summed E-state index contributed by atoms with van der Waals surface area (Å²) >= 11 is 0. The van der Waals surface area contributed by atoms with Crippen LogP contribution < -0.4 is 5.32 Å². The second kappa shape index (κ2) is 7.12. The van der Waals surface area contributed by atoms with Gasteiger partial charge in [0.05, 0.1) is 29.1 Å². The van der Waals surface area contributed by atoms with Crippen LogP contribution in [0.1, 0.15) is 48.5 Å². The molecule has 1 aromatic carbocycles. The van der Waals surface area contributed by atoms with E-state index < -0.39 is 6.04 Å². The summed E-state index contributed by atoms with van der Waals surface area (Å²) in [4.78, 5) is 27.0. The molecule has 0 unspecified atom stereocenters. The number of rotatable bonds is 4. The van der Waals surface area contributed by atoms with Crippen molar-refractivity contribution >= 4 is 11.8 Å². The lowest BCUT2D eigenvalue weighted by Crippen LogP contribution is -2.49. The fraction of sp³-hybridized carbons (Fsp3) is 0.429. The Morgan fingerprint density at radius 2 is 1.86 bits per heavy atom. The van der Waals surface area contributed by atoms with Crippen LogP contribution in [0.5, 0.6) is 0 Å². The maximum absolute atomic E-state index is 12.6. The van der Waals surface area contributed by atoms with Crippen LogP contribution in [-0.4, -0.2) is 45.6 Å². The normalized spacial score (nSPS) is 18.4. The van der Waals surface area contributed by atoms with E-state index in [1.165, 1.54) is 19.0 Å². The Morgan fingerprint density at radius 3 is 2.46 bits per heavy atom. The van der Waals surface area contributed by atoms with Crippen molar-refractivity contribution in [2.75, 3.05) is 13.1 Å². The van der Waals surface area contributed by atoms with E-state index in [1.54, 1.807) is 42.1 Å². The van der Waals surface area contributed by atoms with E-state index in [4.69, 9.17) is 5.26 Å². The Bertz CT molecular complexity index is 926. The molecule has 2 amide bonds. The molecule has 1 aliphatic heterocycles. The Kier molecular flexibility index (Phi) is 4.63. The zero-order valence-corrected chi connectivity index (χ0v) is 15.9. The number of nitriles is 1. The van der Waals surface area contributed by atoms with Crippen LogP contribution in [-0.2, 0) is 4.79 Å². The van der Waals surface area contributed by atoms with Crippen molar-refractivity contribution in [1.82, 2.24) is 20.0 Å². The van der Waals surface area contributed by atoms with Gasteiger partial charge in [-0.3, -0.25) is 9.59 Å². The summed E-state index contributed by atoms with van der Waals surface area (Å²) < 4.78 is 1.57. The van der Waals surface area contributed by atoms with Gasteiger partial charge in [0.15, 0.2) is 0 Å². The van der Waals surface area contributed by atoms with Gasteiger partial charge in [-0.2, -0.15) is 10.4 Å². The molecule has 2 aromatic rings. The number of nitrogens with one attached hydrogen (secondary N) is 1. The van der Waals surface area contributed by atoms with Gasteiger partial charge in [-0.05, 0) is 62.3 Å². The second-order valence-corrected chi connectivity index (χ2v) is 7.85. The number of likely N-dealkylation sites (tertiary alicyclic amines) is 1. The minimum absolute atomic E-state index is 0.0247. The van der Waals surface area contributed by atoms with E-state index in [-0.39, 0.29) is 11.8 Å². The molecule has 0 radical (unpaired) electrons. The lowest BCUT2D eigenvalue weighted by atomic mass is 9.93. The van der Waals surface area contributed by atoms with Gasteiger partial charge in [-0.25, -0.2) is 4.68 Å². The second-order valence-electron chi connectivity index (χ2n) is 7.85. The summed E-state index contributed by atoms with van der Waals surface area (Å²) in [6.45, 7) is 3.30. The predicted molar refractivity (Wildman–Crippen MR) is 103 cm³/mol. The highest BCUT2D eigenvalue weighted by molar-refractivity contribution is 5.97. The lowest BCUT2D eigenvalue weighted by Gasteiger charge is -2.33. The number of amides is 2. The molecule has 7 nitrogen and oxygen atoms in total. The van der Waals surface area contributed by atoms with Crippen molar-refractivity contribution in [3.8, 4) is 11.8 Å². The van der Waals surface area contributed by atoms with Crippen molar-refractivity contribution in [3.05, 3.63) is 47.8 Å². The Balaban J connectivity index is 1.36. The standard InChI is InChI=1S/C21H23N5O2/c1-15(20(28)25-10-8-21(6-7-21)9-11-25)24-19(27)17-13-23-26(14-17)18-4-2-16(12-22)3-5-18/h2-5,13-15H,6-11H2,1H3,(H,24,27)/t15-/m0/s1. The lowest BCUT2D eigenvalue weighted by molar-refractivity contribution is -0.134. The van der Waals surface area contributed by atoms with Crippen LogP contribution in [0.2, 0.25) is 0 Å². The van der Waals surface area contributed by atoms with Crippen LogP contribution >= 0.6 is 0 Å². The first kappa shape index (κ1) is 18.2. The molecule has 1 aliphatic carbocycles. The van der Waals surface area contributed by atoms with Crippen LogP contribution in [0.25, 0.3) is 5.69 Å². The van der Waals surface area contributed by atoms with Gasteiger partial charge in [0.2, 0.25) is 5.91 Å². The molecule has 0 bridgehead atoms. The summed E-state index contributed by atoms with van der Waals surface area (Å²) in [7, 11) is 0. The third-order valence-electron chi connectivity index (χ3n) is 5.92. The van der Waals surface area contributed by atoms with Crippen molar-refractivity contribution in [3.63, 3.8) is 0 Å². The number of hydrogen-bond acceptors (Lipinski definition) is 4. The highest BCUT2D eigenvalue weighted by Gasteiger charge is 2.45. The Hall–Kier alpha value is -3.14. The minimum Gasteiger partial charge on any atom is -0.341 e. The quantitative estimate of drug-likeness (QED) is 0.885. The SMILES string of the molecule is C[C@H](NC(=O)c1cnn(-c2ccc(C#N)cc2)c1)C(=O)N1CCC2(CC1)CC2. The largest absolute Gasteiger partial charge is 0.341 e. The van der Waals surface area contributed by atoms with Crippen molar-refractivity contribution in [1.29, 1.82) is 5.26 Å². The number of piperidine rings is 1. The van der Waals surface area contributed by atoms with E-state index >= 15 is 0 Å². The third-order valence-corrected chi connectivity index (χ3v) is 5.92. The molecular weight excluding hydrogens is 354 g/mol. The number of aromatic nitrogens is 2. The molecule has 4 rings (SSSR count). The van der Waals surface area contributed by atoms with Gasteiger partial charge in [0.1, 0.15) is 6.04 Å². The predicted octanol–water partition coefficient (Wildman–Crippen LogP) is 2.26. The summed E-state index contributed by atoms with van der Waals surface area (Å²) in [6, 6.07) is 8.42. The van der Waals surface area contributed by atoms with Gasteiger partial charge < -0.3 is 10.2 Å². The zero-order chi connectivity index (χ0) is 19.7. The van der Waals surface area contributed by atoms with E-state index in [9.17, 15) is 9.59 Å². The average Bonchev–Trinajstić information content (AvgIpc) is 3.28. The average molecular weight is 377 g/mol. The highest BCUT2D eigenvalue weighted by Crippen LogP contribution is 2.53. The molecule has 28 heavy (non-hydrogen) atoms. The summed E-state index contributed by atoms with van der Waals surface area (Å²) in [5, 5.41) is 15.9. The van der Waals surface area contributed by atoms with Gasteiger partial charge in [-0.1, -0.05) is 0 Å². The molecule has 1 N–H and O–H groups in total. The van der Waals surface area contributed by atoms with Gasteiger partial charge >= 0.3 is 0 Å². The van der Waals surface area contributed by atoms with Gasteiger partial charge in [0.25, 0.3) is 5.91 Å².